The lowest BCUT2D eigenvalue weighted by Crippen LogP contribution is -2.44. The molecule has 7 nitrogen and oxygen atoms in total. The molecular weight excluding hydrogens is 391 g/mol. The lowest BCUT2D eigenvalue weighted by molar-refractivity contribution is -0.274. The lowest BCUT2D eigenvalue weighted by Gasteiger charge is -2.10. The second-order valence-electron chi connectivity index (χ2n) is 4.91. The van der Waals surface area contributed by atoms with Crippen molar-refractivity contribution in [1.82, 2.24) is 10.6 Å². The number of benzene rings is 2. The molecule has 0 fully saturated rings. The summed E-state index contributed by atoms with van der Waals surface area (Å²) < 4.78 is 39.9. The van der Waals surface area contributed by atoms with Gasteiger partial charge in [0.2, 0.25) is 0 Å². The quantitative estimate of drug-likeness (QED) is 0.726. The van der Waals surface area contributed by atoms with Crippen molar-refractivity contribution in [2.24, 2.45) is 0 Å². The molecule has 0 aliphatic heterocycles. The van der Waals surface area contributed by atoms with E-state index in [-0.39, 0.29) is 16.3 Å². The van der Waals surface area contributed by atoms with Gasteiger partial charge in [-0.1, -0.05) is 23.7 Å². The van der Waals surface area contributed by atoms with E-state index in [1.165, 1.54) is 18.2 Å². The monoisotopic (exact) mass is 401 g/mol. The van der Waals surface area contributed by atoms with Crippen LogP contribution in [0.3, 0.4) is 0 Å². The van der Waals surface area contributed by atoms with Crippen LogP contribution in [0.2, 0.25) is 5.02 Å². The predicted octanol–water partition coefficient (Wildman–Crippen LogP) is 3.91. The molecule has 0 saturated carbocycles. The van der Waals surface area contributed by atoms with Gasteiger partial charge in [0.25, 0.3) is 5.91 Å². The largest absolute Gasteiger partial charge is 0.573 e. The zero-order chi connectivity index (χ0) is 20.0. The summed E-state index contributed by atoms with van der Waals surface area (Å²) in [4.78, 5) is 35.2. The number of ether oxygens (including phenoxy) is 1. The fraction of sp³-hybridized carbons (Fsp3) is 0.0625. The summed E-state index contributed by atoms with van der Waals surface area (Å²) in [5.41, 5.74) is 0.127. The Labute approximate surface area is 155 Å². The van der Waals surface area contributed by atoms with Gasteiger partial charge in [-0.3, -0.25) is 15.4 Å². The van der Waals surface area contributed by atoms with Crippen molar-refractivity contribution in [3.05, 3.63) is 59.1 Å². The van der Waals surface area contributed by atoms with Crippen LogP contribution in [0.25, 0.3) is 0 Å². The topological polar surface area (TPSA) is 96.5 Å². The van der Waals surface area contributed by atoms with Crippen LogP contribution in [0, 0.1) is 0 Å². The molecule has 142 valence electrons. The van der Waals surface area contributed by atoms with Gasteiger partial charge in [0.15, 0.2) is 0 Å². The van der Waals surface area contributed by atoms with E-state index in [9.17, 15) is 27.6 Å². The fourth-order valence-electron chi connectivity index (χ4n) is 1.85. The molecule has 0 unspecified atom stereocenters. The highest BCUT2D eigenvalue weighted by atomic mass is 35.5. The van der Waals surface area contributed by atoms with Crippen molar-refractivity contribution in [2.75, 3.05) is 5.32 Å². The van der Waals surface area contributed by atoms with E-state index in [4.69, 9.17) is 11.6 Å². The summed E-state index contributed by atoms with van der Waals surface area (Å²) in [6, 6.07) is 8.06. The molecule has 0 atom stereocenters. The molecule has 0 aromatic heterocycles. The normalized spacial score (nSPS) is 10.7. The Hall–Kier alpha value is -3.27. The Balaban J connectivity index is 1.87. The molecule has 2 rings (SSSR count). The van der Waals surface area contributed by atoms with Crippen molar-refractivity contribution >= 4 is 35.3 Å². The minimum atomic E-state index is -4.83. The molecule has 27 heavy (non-hydrogen) atoms. The molecule has 3 N–H and O–H groups in total. The van der Waals surface area contributed by atoms with Gasteiger partial charge in [0.05, 0.1) is 10.6 Å². The predicted molar refractivity (Wildman–Crippen MR) is 89.6 cm³/mol. The van der Waals surface area contributed by atoms with E-state index < -0.39 is 30.1 Å². The fourth-order valence-corrected chi connectivity index (χ4v) is 2.07. The smallest absolute Gasteiger partial charge is 0.406 e. The van der Waals surface area contributed by atoms with Crippen LogP contribution < -0.4 is 20.7 Å². The zero-order valence-electron chi connectivity index (χ0n) is 13.3. The van der Waals surface area contributed by atoms with Crippen LogP contribution in [0.15, 0.2) is 48.5 Å². The number of hydrogen-bond acceptors (Lipinski definition) is 4. The molecule has 0 heterocycles. The standard InChI is InChI=1S/C16H11ClF3N3O4/c17-12-4-2-1-3-11(12)13(24)22-15(26)23-14(25)21-9-5-7-10(8-6-9)27-16(18,19)20/h1-8H,(H3,21,22,23,24,25,26). The summed E-state index contributed by atoms with van der Waals surface area (Å²) in [7, 11) is 0. The Morgan fingerprint density at radius 3 is 2.11 bits per heavy atom. The third-order valence-electron chi connectivity index (χ3n) is 2.92. The summed E-state index contributed by atoms with van der Waals surface area (Å²) in [5.74, 6) is -1.30. The number of amides is 5. The molecule has 0 spiro atoms. The number of rotatable bonds is 3. The van der Waals surface area contributed by atoms with E-state index in [0.717, 1.165) is 24.3 Å². The van der Waals surface area contributed by atoms with Gasteiger partial charge in [0, 0.05) is 5.69 Å². The van der Waals surface area contributed by atoms with Crippen molar-refractivity contribution in [1.29, 1.82) is 0 Å². The van der Waals surface area contributed by atoms with Crippen molar-refractivity contribution < 1.29 is 32.3 Å². The van der Waals surface area contributed by atoms with Gasteiger partial charge >= 0.3 is 18.4 Å². The molecule has 2 aromatic rings. The molecule has 11 heteroatoms. The molecule has 0 aliphatic carbocycles. The highest BCUT2D eigenvalue weighted by Gasteiger charge is 2.31. The summed E-state index contributed by atoms with van der Waals surface area (Å²) in [6.07, 6.45) is -4.83. The average molecular weight is 402 g/mol. The SMILES string of the molecule is O=C(NC(=O)Nc1ccc(OC(F)(F)F)cc1)NC(=O)c1ccccc1Cl. The minimum absolute atomic E-state index is 0.0370. The second-order valence-corrected chi connectivity index (χ2v) is 5.32. The number of anilines is 1. The van der Waals surface area contributed by atoms with Gasteiger partial charge in [0.1, 0.15) is 5.75 Å². The number of carbonyl (C=O) groups excluding carboxylic acids is 3. The van der Waals surface area contributed by atoms with E-state index >= 15 is 0 Å². The molecule has 2 aromatic carbocycles. The molecule has 0 bridgehead atoms. The number of alkyl halides is 3. The van der Waals surface area contributed by atoms with Crippen molar-refractivity contribution in [3.8, 4) is 5.75 Å². The third kappa shape index (κ3) is 6.51. The number of urea groups is 2. The van der Waals surface area contributed by atoms with Crippen molar-refractivity contribution in [2.45, 2.75) is 6.36 Å². The number of imide groups is 2. The maximum absolute atomic E-state index is 12.1. The Morgan fingerprint density at radius 1 is 0.889 bits per heavy atom. The van der Waals surface area contributed by atoms with Crippen LogP contribution >= 0.6 is 11.6 Å². The van der Waals surface area contributed by atoms with Crippen LogP contribution in [-0.2, 0) is 0 Å². The average Bonchev–Trinajstić information content (AvgIpc) is 2.55. The van der Waals surface area contributed by atoms with Crippen molar-refractivity contribution in [3.63, 3.8) is 0 Å². The number of halogens is 4. The van der Waals surface area contributed by atoms with Crippen LogP contribution in [0.5, 0.6) is 5.75 Å². The second kappa shape index (κ2) is 8.41. The number of nitrogens with one attached hydrogen (secondary N) is 3. The first-order valence-electron chi connectivity index (χ1n) is 7.18. The van der Waals surface area contributed by atoms with Crippen LogP contribution in [0.4, 0.5) is 28.4 Å². The van der Waals surface area contributed by atoms with Gasteiger partial charge in [-0.15, -0.1) is 13.2 Å². The lowest BCUT2D eigenvalue weighted by atomic mass is 10.2. The first-order valence-corrected chi connectivity index (χ1v) is 7.55. The minimum Gasteiger partial charge on any atom is -0.406 e. The van der Waals surface area contributed by atoms with Gasteiger partial charge < -0.3 is 10.1 Å². The first kappa shape index (κ1) is 20.0. The molecular formula is C16H11ClF3N3O4. The highest BCUT2D eigenvalue weighted by Crippen LogP contribution is 2.23. The molecule has 0 radical (unpaired) electrons. The summed E-state index contributed by atoms with van der Waals surface area (Å²) in [5, 5.41) is 6.06. The van der Waals surface area contributed by atoms with Crippen LogP contribution in [-0.4, -0.2) is 24.3 Å². The first-order chi connectivity index (χ1) is 12.6. The number of hydrogen-bond donors (Lipinski definition) is 3. The Morgan fingerprint density at radius 2 is 1.52 bits per heavy atom. The number of carbonyl (C=O) groups is 3. The van der Waals surface area contributed by atoms with Gasteiger partial charge in [-0.25, -0.2) is 9.59 Å². The van der Waals surface area contributed by atoms with Gasteiger partial charge in [-0.05, 0) is 36.4 Å². The highest BCUT2D eigenvalue weighted by molar-refractivity contribution is 6.34. The Bertz CT molecular complexity index is 857. The van der Waals surface area contributed by atoms with E-state index in [2.05, 4.69) is 10.1 Å². The molecule has 0 saturated heterocycles. The molecule has 0 aliphatic rings. The summed E-state index contributed by atoms with van der Waals surface area (Å²) >= 11 is 5.82. The Kier molecular flexibility index (Phi) is 6.24. The maximum Gasteiger partial charge on any atom is 0.573 e. The summed E-state index contributed by atoms with van der Waals surface area (Å²) in [6.45, 7) is 0. The van der Waals surface area contributed by atoms with Gasteiger partial charge in [-0.2, -0.15) is 0 Å². The van der Waals surface area contributed by atoms with E-state index in [1.54, 1.807) is 6.07 Å². The van der Waals surface area contributed by atoms with E-state index in [0.29, 0.717) is 0 Å². The maximum atomic E-state index is 12.1. The van der Waals surface area contributed by atoms with E-state index in [1.807, 2.05) is 10.6 Å². The molecule has 5 amide bonds. The van der Waals surface area contributed by atoms with Crippen LogP contribution in [0.1, 0.15) is 10.4 Å². The zero-order valence-corrected chi connectivity index (χ0v) is 14.0. The third-order valence-corrected chi connectivity index (χ3v) is 3.25.